The predicted octanol–water partition coefficient (Wildman–Crippen LogP) is 1.49. The number of amides is 1. The van der Waals surface area contributed by atoms with Crippen molar-refractivity contribution in [2.24, 2.45) is 0 Å². The first kappa shape index (κ1) is 14.4. The first-order valence-electron chi connectivity index (χ1n) is 6.96. The van der Waals surface area contributed by atoms with Gasteiger partial charge in [0.25, 0.3) is 5.91 Å². The number of hydrogen-bond donors (Lipinski definition) is 0. The molecule has 1 aliphatic carbocycles. The molecule has 0 N–H and O–H groups in total. The largest absolute Gasteiger partial charge is 0.467 e. The second-order valence-electron chi connectivity index (χ2n) is 5.32. The van der Waals surface area contributed by atoms with Gasteiger partial charge in [-0.1, -0.05) is 11.6 Å². The number of methoxy groups -OCH3 is 1. The van der Waals surface area contributed by atoms with Crippen molar-refractivity contribution >= 4 is 23.5 Å². The number of ether oxygens (including phenoxy) is 2. The molecule has 7 heteroatoms. The maximum absolute atomic E-state index is 12.7. The number of morpholine rings is 1. The van der Waals surface area contributed by atoms with Gasteiger partial charge < -0.3 is 18.9 Å². The number of carbonyl (C=O) groups is 2. The third kappa shape index (κ3) is 2.91. The number of esters is 1. The van der Waals surface area contributed by atoms with Crippen LogP contribution in [0.3, 0.4) is 0 Å². The molecule has 0 aromatic carbocycles. The summed E-state index contributed by atoms with van der Waals surface area (Å²) in [6.07, 6.45) is 3.22. The molecule has 0 bridgehead atoms. The lowest BCUT2D eigenvalue weighted by atomic mass is 10.2. The molecule has 2 aliphatic rings. The van der Waals surface area contributed by atoms with Gasteiger partial charge in [-0.15, -0.1) is 0 Å². The summed E-state index contributed by atoms with van der Waals surface area (Å²) in [5, 5.41) is 0.558. The highest BCUT2D eigenvalue weighted by molar-refractivity contribution is 6.31. The fourth-order valence-corrected chi connectivity index (χ4v) is 2.75. The van der Waals surface area contributed by atoms with Crippen LogP contribution < -0.4 is 0 Å². The van der Waals surface area contributed by atoms with Crippen LogP contribution in [0.25, 0.3) is 0 Å². The van der Waals surface area contributed by atoms with Gasteiger partial charge in [0.2, 0.25) is 0 Å². The van der Waals surface area contributed by atoms with E-state index in [0.29, 0.717) is 29.9 Å². The molecular weight excluding hydrogens is 296 g/mol. The summed E-state index contributed by atoms with van der Waals surface area (Å²) >= 11 is 6.03. The van der Waals surface area contributed by atoms with Crippen molar-refractivity contribution in [2.75, 3.05) is 26.8 Å². The predicted molar refractivity (Wildman–Crippen MR) is 75.4 cm³/mol. The molecule has 3 rings (SSSR count). The lowest BCUT2D eigenvalue weighted by molar-refractivity contribution is -0.158. The zero-order chi connectivity index (χ0) is 15.0. The molecule has 1 unspecified atom stereocenters. The van der Waals surface area contributed by atoms with E-state index < -0.39 is 12.1 Å². The molecule has 0 spiro atoms. The molecule has 1 aromatic heterocycles. The van der Waals surface area contributed by atoms with Crippen LogP contribution in [0.2, 0.25) is 5.02 Å². The highest BCUT2D eigenvalue weighted by atomic mass is 35.5. The summed E-state index contributed by atoms with van der Waals surface area (Å²) < 4.78 is 11.9. The van der Waals surface area contributed by atoms with Gasteiger partial charge in [0.15, 0.2) is 6.10 Å². The van der Waals surface area contributed by atoms with E-state index >= 15 is 0 Å². The average Bonchev–Trinajstić information content (AvgIpc) is 3.28. The fraction of sp³-hybridized carbons (Fsp3) is 0.571. The Hall–Kier alpha value is -1.53. The summed E-state index contributed by atoms with van der Waals surface area (Å²) in [5.74, 6) is -0.575. The highest BCUT2D eigenvalue weighted by Crippen LogP contribution is 2.37. The van der Waals surface area contributed by atoms with Crippen LogP contribution in [0.4, 0.5) is 0 Å². The van der Waals surface area contributed by atoms with E-state index in [0.717, 1.165) is 12.8 Å². The van der Waals surface area contributed by atoms with Crippen molar-refractivity contribution in [3.05, 3.63) is 23.0 Å². The van der Waals surface area contributed by atoms with Crippen LogP contribution in [0.5, 0.6) is 0 Å². The van der Waals surface area contributed by atoms with Crippen LogP contribution >= 0.6 is 11.6 Å². The van der Waals surface area contributed by atoms with Crippen molar-refractivity contribution < 1.29 is 19.1 Å². The lowest BCUT2D eigenvalue weighted by Crippen LogP contribution is -2.49. The molecule has 1 aromatic rings. The van der Waals surface area contributed by atoms with Crippen molar-refractivity contribution in [3.63, 3.8) is 0 Å². The van der Waals surface area contributed by atoms with Crippen LogP contribution in [0.15, 0.2) is 12.3 Å². The maximum Gasteiger partial charge on any atom is 0.336 e. The molecule has 1 aliphatic heterocycles. The number of hydrogen-bond acceptors (Lipinski definition) is 4. The number of nitrogens with zero attached hydrogens (tertiary/aromatic N) is 2. The molecular formula is C14H17ClN2O4. The van der Waals surface area contributed by atoms with Crippen LogP contribution in [0, 0.1) is 0 Å². The molecule has 0 radical (unpaired) electrons. The van der Waals surface area contributed by atoms with E-state index in [9.17, 15) is 9.59 Å². The minimum atomic E-state index is -0.715. The molecule has 21 heavy (non-hydrogen) atoms. The second-order valence-corrected chi connectivity index (χ2v) is 5.75. The zero-order valence-electron chi connectivity index (χ0n) is 11.8. The molecule has 1 atom stereocenters. The van der Waals surface area contributed by atoms with Crippen molar-refractivity contribution in [3.8, 4) is 0 Å². The first-order chi connectivity index (χ1) is 10.1. The van der Waals surface area contributed by atoms with Crippen LogP contribution in [0.1, 0.15) is 29.4 Å². The SMILES string of the molecule is COC(=O)C1CN(C(=O)c2cc(Cl)cn2C2CC2)CCO1. The van der Waals surface area contributed by atoms with Crippen molar-refractivity contribution in [2.45, 2.75) is 25.0 Å². The third-order valence-electron chi connectivity index (χ3n) is 3.79. The van der Waals surface area contributed by atoms with Gasteiger partial charge in [-0.3, -0.25) is 4.79 Å². The summed E-state index contributed by atoms with van der Waals surface area (Å²) in [6.45, 7) is 0.988. The minimum Gasteiger partial charge on any atom is -0.467 e. The van der Waals surface area contributed by atoms with E-state index in [1.807, 2.05) is 4.57 Å². The fourth-order valence-electron chi connectivity index (χ4n) is 2.54. The number of halogens is 1. The Morgan fingerprint density at radius 3 is 2.86 bits per heavy atom. The number of aromatic nitrogens is 1. The Kier molecular flexibility index (Phi) is 3.91. The van der Waals surface area contributed by atoms with Gasteiger partial charge in [-0.05, 0) is 18.9 Å². The van der Waals surface area contributed by atoms with E-state index in [4.69, 9.17) is 16.3 Å². The third-order valence-corrected chi connectivity index (χ3v) is 4.00. The molecule has 114 valence electrons. The van der Waals surface area contributed by atoms with Gasteiger partial charge in [0.1, 0.15) is 5.69 Å². The number of rotatable bonds is 3. The lowest BCUT2D eigenvalue weighted by Gasteiger charge is -2.31. The van der Waals surface area contributed by atoms with Gasteiger partial charge in [0, 0.05) is 18.8 Å². The summed E-state index contributed by atoms with van der Waals surface area (Å²) in [5.41, 5.74) is 0.577. The normalized spacial score (nSPS) is 22.2. The van der Waals surface area contributed by atoms with Gasteiger partial charge >= 0.3 is 5.97 Å². The summed E-state index contributed by atoms with van der Waals surface area (Å²) in [6, 6.07) is 2.05. The molecule has 1 saturated heterocycles. The van der Waals surface area contributed by atoms with E-state index in [1.165, 1.54) is 7.11 Å². The maximum atomic E-state index is 12.7. The Labute approximate surface area is 127 Å². The van der Waals surface area contributed by atoms with Gasteiger partial charge in [-0.2, -0.15) is 0 Å². The smallest absolute Gasteiger partial charge is 0.336 e. The molecule has 2 heterocycles. The Balaban J connectivity index is 1.77. The molecule has 1 amide bonds. The highest BCUT2D eigenvalue weighted by Gasteiger charge is 2.33. The Morgan fingerprint density at radius 2 is 2.19 bits per heavy atom. The Bertz CT molecular complexity index is 567. The van der Waals surface area contributed by atoms with Crippen LogP contribution in [-0.4, -0.2) is 54.3 Å². The van der Waals surface area contributed by atoms with Gasteiger partial charge in [0.05, 0.1) is 25.3 Å². The molecule has 1 saturated carbocycles. The van der Waals surface area contributed by atoms with Crippen molar-refractivity contribution in [1.29, 1.82) is 0 Å². The zero-order valence-corrected chi connectivity index (χ0v) is 12.5. The quantitative estimate of drug-likeness (QED) is 0.793. The van der Waals surface area contributed by atoms with E-state index in [-0.39, 0.29) is 12.5 Å². The summed E-state index contributed by atoms with van der Waals surface area (Å²) in [7, 11) is 1.31. The van der Waals surface area contributed by atoms with E-state index in [1.54, 1.807) is 17.2 Å². The standard InChI is InChI=1S/C14H17ClN2O4/c1-20-14(19)12-8-16(4-5-21-12)13(18)11-6-9(15)7-17(11)10-2-3-10/h6-7,10,12H,2-5,8H2,1H3. The number of carbonyl (C=O) groups excluding carboxylic acids is 2. The van der Waals surface area contributed by atoms with Crippen molar-refractivity contribution in [1.82, 2.24) is 9.47 Å². The average molecular weight is 313 g/mol. The molecule has 6 nitrogen and oxygen atoms in total. The van der Waals surface area contributed by atoms with Crippen LogP contribution in [-0.2, 0) is 14.3 Å². The minimum absolute atomic E-state index is 0.119. The topological polar surface area (TPSA) is 60.8 Å². The molecule has 2 fully saturated rings. The Morgan fingerprint density at radius 1 is 1.43 bits per heavy atom. The second kappa shape index (κ2) is 5.69. The van der Waals surface area contributed by atoms with E-state index in [2.05, 4.69) is 4.74 Å². The first-order valence-corrected chi connectivity index (χ1v) is 7.34. The monoisotopic (exact) mass is 312 g/mol. The van der Waals surface area contributed by atoms with Gasteiger partial charge in [-0.25, -0.2) is 4.79 Å². The summed E-state index contributed by atoms with van der Waals surface area (Å²) in [4.78, 5) is 25.8.